The van der Waals surface area contributed by atoms with Gasteiger partial charge < -0.3 is 9.67 Å². The topological polar surface area (TPSA) is 42.2 Å². The number of rotatable bonds is 0. The van der Waals surface area contributed by atoms with Crippen LogP contribution >= 0.6 is 0 Å². The Morgan fingerprint density at radius 3 is 3.08 bits per heavy atom. The highest BCUT2D eigenvalue weighted by Crippen LogP contribution is 2.11. The fourth-order valence-corrected chi connectivity index (χ4v) is 1.36. The van der Waals surface area contributed by atoms with E-state index in [1.807, 2.05) is 0 Å². The van der Waals surface area contributed by atoms with Crippen molar-refractivity contribution < 1.29 is 5.11 Å². The molecule has 0 aliphatic carbocycles. The van der Waals surface area contributed by atoms with Crippen molar-refractivity contribution in [1.82, 2.24) is 4.57 Å². The van der Waals surface area contributed by atoms with Crippen molar-refractivity contribution in [3.8, 4) is 5.75 Å². The van der Waals surface area contributed by atoms with Gasteiger partial charge in [0.15, 0.2) is 5.75 Å². The lowest BCUT2D eigenvalue weighted by molar-refractivity contribution is 0.466. The van der Waals surface area contributed by atoms with Crippen LogP contribution in [-0.2, 0) is 7.05 Å². The number of pyridine rings is 1. The Labute approximate surface area is 74.9 Å². The van der Waals surface area contributed by atoms with Gasteiger partial charge in [0, 0.05) is 7.05 Å². The molecule has 0 fully saturated rings. The molecule has 1 radical (unpaired) electrons. The fraction of sp³-hybridized carbons (Fsp3) is 0.100. The number of aryl methyl sites for hydroxylation is 1. The standard InChI is InChI=1S/C10H8NO2/c1-11-6-9(12)10(13)7-4-2-3-5-8(7)11/h3-6,12H,1H3. The Bertz CT molecular complexity index is 514. The molecule has 2 rings (SSSR count). The molecule has 1 aromatic carbocycles. The Morgan fingerprint density at radius 2 is 2.31 bits per heavy atom. The number of benzene rings is 1. The molecule has 0 atom stereocenters. The summed E-state index contributed by atoms with van der Waals surface area (Å²) in [5.74, 6) is -0.227. The highest BCUT2D eigenvalue weighted by molar-refractivity contribution is 5.79. The molecule has 2 aromatic rings. The van der Waals surface area contributed by atoms with Crippen LogP contribution in [0, 0.1) is 6.07 Å². The Morgan fingerprint density at radius 1 is 1.54 bits per heavy atom. The van der Waals surface area contributed by atoms with E-state index >= 15 is 0 Å². The van der Waals surface area contributed by atoms with Crippen molar-refractivity contribution in [1.29, 1.82) is 0 Å². The molecule has 0 amide bonds. The van der Waals surface area contributed by atoms with E-state index in [1.54, 1.807) is 29.8 Å². The summed E-state index contributed by atoms with van der Waals surface area (Å²) < 4.78 is 1.71. The molecular formula is C10H8NO2. The van der Waals surface area contributed by atoms with Crippen LogP contribution in [0.5, 0.6) is 5.75 Å². The second-order valence-electron chi connectivity index (χ2n) is 2.90. The average molecular weight is 174 g/mol. The van der Waals surface area contributed by atoms with E-state index in [2.05, 4.69) is 6.07 Å². The van der Waals surface area contributed by atoms with Gasteiger partial charge in [0.1, 0.15) is 0 Å². The first kappa shape index (κ1) is 7.86. The lowest BCUT2D eigenvalue weighted by Gasteiger charge is -2.04. The van der Waals surface area contributed by atoms with E-state index in [9.17, 15) is 9.90 Å². The van der Waals surface area contributed by atoms with Gasteiger partial charge in [-0.3, -0.25) is 4.79 Å². The zero-order chi connectivity index (χ0) is 9.42. The van der Waals surface area contributed by atoms with Gasteiger partial charge in [-0.1, -0.05) is 6.07 Å². The van der Waals surface area contributed by atoms with E-state index in [1.165, 1.54) is 6.20 Å². The van der Waals surface area contributed by atoms with Gasteiger partial charge in [-0.05, 0) is 18.2 Å². The van der Waals surface area contributed by atoms with E-state index in [0.717, 1.165) is 5.52 Å². The maximum Gasteiger partial charge on any atom is 0.230 e. The quantitative estimate of drug-likeness (QED) is 0.648. The normalized spacial score (nSPS) is 10.5. The third-order valence-corrected chi connectivity index (χ3v) is 2.01. The number of nitrogens with zero attached hydrogens (tertiary/aromatic N) is 1. The van der Waals surface area contributed by atoms with Gasteiger partial charge in [0.05, 0.1) is 17.1 Å². The molecule has 0 bridgehead atoms. The first-order chi connectivity index (χ1) is 6.20. The summed E-state index contributed by atoms with van der Waals surface area (Å²) in [6, 6.07) is 7.91. The van der Waals surface area contributed by atoms with Gasteiger partial charge in [0.2, 0.25) is 5.43 Å². The average Bonchev–Trinajstić information content (AvgIpc) is 2.15. The predicted octanol–water partition coefficient (Wildman–Crippen LogP) is 1.04. The third kappa shape index (κ3) is 1.09. The molecule has 3 heteroatoms. The SMILES string of the molecule is Cn1cc(O)c(=O)c2c[c]ccc21. The number of hydrogen-bond acceptors (Lipinski definition) is 2. The third-order valence-electron chi connectivity index (χ3n) is 2.01. The minimum atomic E-state index is -0.343. The van der Waals surface area contributed by atoms with Gasteiger partial charge in [-0.15, -0.1) is 0 Å². The van der Waals surface area contributed by atoms with Gasteiger partial charge in [0.25, 0.3) is 0 Å². The summed E-state index contributed by atoms with van der Waals surface area (Å²) in [4.78, 5) is 11.4. The van der Waals surface area contributed by atoms with Crippen LogP contribution in [0.15, 0.2) is 29.2 Å². The van der Waals surface area contributed by atoms with Gasteiger partial charge in [-0.2, -0.15) is 0 Å². The Kier molecular flexibility index (Phi) is 1.59. The molecular weight excluding hydrogens is 166 g/mol. The second kappa shape index (κ2) is 2.62. The molecule has 0 saturated heterocycles. The van der Waals surface area contributed by atoms with Crippen LogP contribution in [0.25, 0.3) is 10.9 Å². The highest BCUT2D eigenvalue weighted by atomic mass is 16.3. The van der Waals surface area contributed by atoms with Crippen molar-refractivity contribution >= 4 is 10.9 Å². The summed E-state index contributed by atoms with van der Waals surface area (Å²) in [6.07, 6.45) is 1.41. The van der Waals surface area contributed by atoms with Crippen LogP contribution in [0.3, 0.4) is 0 Å². The van der Waals surface area contributed by atoms with Crippen LogP contribution in [0.4, 0.5) is 0 Å². The fourth-order valence-electron chi connectivity index (χ4n) is 1.36. The molecule has 1 heterocycles. The molecule has 0 unspecified atom stereocenters. The number of aromatic nitrogens is 1. The number of aromatic hydroxyl groups is 1. The number of fused-ring (bicyclic) bond motifs is 1. The molecule has 13 heavy (non-hydrogen) atoms. The molecule has 0 aliphatic heterocycles. The largest absolute Gasteiger partial charge is 0.503 e. The maximum absolute atomic E-state index is 11.4. The molecule has 1 N–H and O–H groups in total. The summed E-state index contributed by atoms with van der Waals surface area (Å²) >= 11 is 0. The van der Waals surface area contributed by atoms with Crippen LogP contribution in [0.2, 0.25) is 0 Å². The highest BCUT2D eigenvalue weighted by Gasteiger charge is 2.03. The van der Waals surface area contributed by atoms with Crippen molar-refractivity contribution in [2.24, 2.45) is 7.05 Å². The van der Waals surface area contributed by atoms with Crippen molar-refractivity contribution in [3.63, 3.8) is 0 Å². The Hall–Kier alpha value is -1.77. The molecule has 0 spiro atoms. The van der Waals surface area contributed by atoms with E-state index in [-0.39, 0.29) is 11.2 Å². The van der Waals surface area contributed by atoms with Crippen LogP contribution in [0.1, 0.15) is 0 Å². The zero-order valence-corrected chi connectivity index (χ0v) is 7.11. The minimum Gasteiger partial charge on any atom is -0.503 e. The van der Waals surface area contributed by atoms with Gasteiger partial charge in [-0.25, -0.2) is 0 Å². The van der Waals surface area contributed by atoms with E-state index in [0.29, 0.717) is 5.39 Å². The van der Waals surface area contributed by atoms with Crippen LogP contribution in [-0.4, -0.2) is 9.67 Å². The zero-order valence-electron chi connectivity index (χ0n) is 7.11. The monoisotopic (exact) mass is 174 g/mol. The van der Waals surface area contributed by atoms with E-state index in [4.69, 9.17) is 0 Å². The second-order valence-corrected chi connectivity index (χ2v) is 2.90. The first-order valence-electron chi connectivity index (χ1n) is 3.88. The van der Waals surface area contributed by atoms with E-state index < -0.39 is 0 Å². The summed E-state index contributed by atoms with van der Waals surface area (Å²) in [7, 11) is 1.78. The summed E-state index contributed by atoms with van der Waals surface area (Å²) in [5.41, 5.74) is 0.450. The Balaban J connectivity index is 3.06. The smallest absolute Gasteiger partial charge is 0.230 e. The molecule has 65 valence electrons. The van der Waals surface area contributed by atoms with Crippen LogP contribution < -0.4 is 5.43 Å². The van der Waals surface area contributed by atoms with Crippen molar-refractivity contribution in [3.05, 3.63) is 40.7 Å². The molecule has 3 nitrogen and oxygen atoms in total. The van der Waals surface area contributed by atoms with Crippen molar-refractivity contribution in [2.75, 3.05) is 0 Å². The molecule has 1 aromatic heterocycles. The lowest BCUT2D eigenvalue weighted by atomic mass is 10.2. The molecule has 0 aliphatic rings. The van der Waals surface area contributed by atoms with Gasteiger partial charge >= 0.3 is 0 Å². The lowest BCUT2D eigenvalue weighted by Crippen LogP contribution is -2.05. The molecule has 0 saturated carbocycles. The van der Waals surface area contributed by atoms with Crippen molar-refractivity contribution in [2.45, 2.75) is 0 Å². The number of hydrogen-bond donors (Lipinski definition) is 1. The summed E-state index contributed by atoms with van der Waals surface area (Å²) in [6.45, 7) is 0. The first-order valence-corrected chi connectivity index (χ1v) is 3.88. The maximum atomic E-state index is 11.4. The summed E-state index contributed by atoms with van der Waals surface area (Å²) in [5, 5.41) is 9.74. The minimum absolute atomic E-state index is 0.227. The predicted molar refractivity (Wildman–Crippen MR) is 49.7 cm³/mol.